The van der Waals surface area contributed by atoms with Crippen molar-refractivity contribution in [1.29, 1.82) is 0 Å². The zero-order chi connectivity index (χ0) is 20.5. The first-order valence-corrected chi connectivity index (χ1v) is 10.0. The quantitative estimate of drug-likeness (QED) is 0.520. The lowest BCUT2D eigenvalue weighted by Crippen LogP contribution is -2.25. The molecule has 1 aromatic carbocycles. The number of amides is 1. The Morgan fingerprint density at radius 2 is 2.00 bits per heavy atom. The van der Waals surface area contributed by atoms with Crippen LogP contribution in [0.3, 0.4) is 0 Å². The second-order valence-electron chi connectivity index (χ2n) is 7.34. The Kier molecular flexibility index (Phi) is 3.83. The Bertz CT molecular complexity index is 1280. The van der Waals surface area contributed by atoms with Crippen LogP contribution in [0, 0.1) is 6.92 Å². The van der Waals surface area contributed by atoms with Crippen LogP contribution in [0.4, 0.5) is 13.2 Å². The average Bonchev–Trinajstić information content (AvgIpc) is 3.11. The predicted molar refractivity (Wildman–Crippen MR) is 106 cm³/mol. The first-order chi connectivity index (χ1) is 13.7. The van der Waals surface area contributed by atoms with Crippen molar-refractivity contribution >= 4 is 39.3 Å². The van der Waals surface area contributed by atoms with Crippen molar-refractivity contribution in [3.63, 3.8) is 0 Å². The molecule has 1 N–H and O–H groups in total. The molecule has 0 aliphatic heterocycles. The van der Waals surface area contributed by atoms with Crippen LogP contribution in [0.25, 0.3) is 27.1 Å². The van der Waals surface area contributed by atoms with E-state index in [0.29, 0.717) is 27.5 Å². The predicted octanol–water partition coefficient (Wildman–Crippen LogP) is 4.80. The van der Waals surface area contributed by atoms with Gasteiger partial charge in [0, 0.05) is 24.0 Å². The maximum absolute atomic E-state index is 13.1. The molecule has 0 radical (unpaired) electrons. The van der Waals surface area contributed by atoms with Gasteiger partial charge in [-0.05, 0) is 50.1 Å². The normalized spacial score (nSPS) is 14.8. The number of benzene rings is 1. The van der Waals surface area contributed by atoms with E-state index in [1.807, 2.05) is 18.5 Å². The number of aromatic nitrogens is 3. The summed E-state index contributed by atoms with van der Waals surface area (Å²) in [5.41, 5.74) is 2.62. The number of rotatable bonds is 3. The van der Waals surface area contributed by atoms with Crippen molar-refractivity contribution < 1.29 is 18.0 Å². The molecule has 5 nitrogen and oxygen atoms in total. The SMILES string of the molecule is Cc1nc2c(c3cc(C(=O)NC4CC4)ccc3n2-c2ccc(C(F)(F)F)s2)n1C. The molecule has 0 bridgehead atoms. The van der Waals surface area contributed by atoms with Crippen molar-refractivity contribution in [2.75, 3.05) is 0 Å². The van der Waals surface area contributed by atoms with Crippen LogP contribution in [0.15, 0.2) is 30.3 Å². The molecule has 5 rings (SSSR count). The van der Waals surface area contributed by atoms with Gasteiger partial charge in [0.15, 0.2) is 5.65 Å². The van der Waals surface area contributed by atoms with Gasteiger partial charge in [0.2, 0.25) is 0 Å². The summed E-state index contributed by atoms with van der Waals surface area (Å²) in [5, 5.41) is 4.19. The van der Waals surface area contributed by atoms with Gasteiger partial charge in [-0.3, -0.25) is 9.36 Å². The molecule has 150 valence electrons. The van der Waals surface area contributed by atoms with E-state index in [1.54, 1.807) is 22.8 Å². The minimum atomic E-state index is -4.39. The Balaban J connectivity index is 1.73. The van der Waals surface area contributed by atoms with Crippen LogP contribution < -0.4 is 5.32 Å². The van der Waals surface area contributed by atoms with Gasteiger partial charge in [-0.15, -0.1) is 11.3 Å². The van der Waals surface area contributed by atoms with Crippen LogP contribution in [0.1, 0.15) is 33.9 Å². The maximum atomic E-state index is 13.1. The van der Waals surface area contributed by atoms with Gasteiger partial charge in [-0.1, -0.05) is 0 Å². The third kappa shape index (κ3) is 2.91. The summed E-state index contributed by atoms with van der Waals surface area (Å²) < 4.78 is 43.0. The largest absolute Gasteiger partial charge is 0.425 e. The van der Waals surface area contributed by atoms with Crippen molar-refractivity contribution in [2.45, 2.75) is 32.0 Å². The second kappa shape index (κ2) is 6.09. The Labute approximate surface area is 167 Å². The smallest absolute Gasteiger partial charge is 0.349 e. The lowest BCUT2D eigenvalue weighted by atomic mass is 10.1. The van der Waals surface area contributed by atoms with Crippen molar-refractivity contribution in [3.8, 4) is 5.00 Å². The van der Waals surface area contributed by atoms with E-state index < -0.39 is 11.1 Å². The third-order valence-electron chi connectivity index (χ3n) is 5.27. The molecule has 1 aliphatic carbocycles. The Morgan fingerprint density at radius 1 is 1.24 bits per heavy atom. The number of aryl methyl sites for hydroxylation is 2. The molecule has 29 heavy (non-hydrogen) atoms. The standard InChI is InChI=1S/C20H17F3N4OS/c1-10-24-18-17(26(10)2)13-9-11(19(28)25-12-4-5-12)3-6-14(13)27(18)16-8-7-15(29-16)20(21,22)23/h3,6-9,12H,4-5H2,1-2H3,(H,25,28). The van der Waals surface area contributed by atoms with Gasteiger partial charge in [-0.2, -0.15) is 13.2 Å². The highest BCUT2D eigenvalue weighted by Gasteiger charge is 2.33. The molecule has 4 aromatic rings. The number of nitrogens with one attached hydrogen (secondary N) is 1. The van der Waals surface area contributed by atoms with Crippen LogP contribution in [-0.4, -0.2) is 26.1 Å². The molecule has 3 heterocycles. The molecule has 3 aromatic heterocycles. The second-order valence-corrected chi connectivity index (χ2v) is 8.40. The highest BCUT2D eigenvalue weighted by molar-refractivity contribution is 7.14. The summed E-state index contributed by atoms with van der Waals surface area (Å²) >= 11 is 0.679. The number of imidazole rings is 1. The minimum absolute atomic E-state index is 0.135. The average molecular weight is 418 g/mol. The van der Waals surface area contributed by atoms with Gasteiger partial charge in [0.05, 0.1) is 11.0 Å². The highest BCUT2D eigenvalue weighted by Crippen LogP contribution is 2.39. The lowest BCUT2D eigenvalue weighted by molar-refractivity contribution is -0.134. The fraction of sp³-hybridized carbons (Fsp3) is 0.300. The fourth-order valence-electron chi connectivity index (χ4n) is 3.55. The van der Waals surface area contributed by atoms with Gasteiger partial charge < -0.3 is 9.88 Å². The number of carbonyl (C=O) groups is 1. The molecular formula is C20H17F3N4OS. The number of alkyl halides is 3. The van der Waals surface area contributed by atoms with E-state index in [0.717, 1.165) is 41.2 Å². The summed E-state index contributed by atoms with van der Waals surface area (Å²) in [6.07, 6.45) is -2.40. The number of hydrogen-bond acceptors (Lipinski definition) is 3. The summed E-state index contributed by atoms with van der Waals surface area (Å²) in [7, 11) is 1.86. The summed E-state index contributed by atoms with van der Waals surface area (Å²) in [5.74, 6) is 0.607. The van der Waals surface area contributed by atoms with Gasteiger partial charge >= 0.3 is 6.18 Å². The summed E-state index contributed by atoms with van der Waals surface area (Å²) in [6, 6.07) is 8.08. The van der Waals surface area contributed by atoms with E-state index >= 15 is 0 Å². The third-order valence-corrected chi connectivity index (χ3v) is 6.39. The van der Waals surface area contributed by atoms with Crippen molar-refractivity contribution in [3.05, 3.63) is 46.6 Å². The topological polar surface area (TPSA) is 51.9 Å². The van der Waals surface area contributed by atoms with E-state index in [-0.39, 0.29) is 11.9 Å². The number of hydrogen-bond donors (Lipinski definition) is 1. The van der Waals surface area contributed by atoms with Crippen LogP contribution in [0.2, 0.25) is 0 Å². The number of fused-ring (bicyclic) bond motifs is 3. The molecule has 9 heteroatoms. The van der Waals surface area contributed by atoms with Crippen molar-refractivity contribution in [1.82, 2.24) is 19.4 Å². The first-order valence-electron chi connectivity index (χ1n) is 9.20. The maximum Gasteiger partial charge on any atom is 0.425 e. The summed E-state index contributed by atoms with van der Waals surface area (Å²) in [4.78, 5) is 16.4. The molecule has 0 spiro atoms. The summed E-state index contributed by atoms with van der Waals surface area (Å²) in [6.45, 7) is 1.84. The molecule has 0 saturated heterocycles. The van der Waals surface area contributed by atoms with Gasteiger partial charge in [0.1, 0.15) is 15.7 Å². The molecule has 0 unspecified atom stereocenters. The van der Waals surface area contributed by atoms with E-state index in [1.165, 1.54) is 6.07 Å². The van der Waals surface area contributed by atoms with E-state index in [4.69, 9.17) is 0 Å². The number of thiophene rings is 1. The monoisotopic (exact) mass is 418 g/mol. The Hall–Kier alpha value is -2.81. The fourth-order valence-corrected chi connectivity index (χ4v) is 4.44. The molecule has 0 atom stereocenters. The lowest BCUT2D eigenvalue weighted by Gasteiger charge is -2.06. The highest BCUT2D eigenvalue weighted by atomic mass is 32.1. The number of halogens is 3. The molecule has 1 saturated carbocycles. The molecule has 1 fully saturated rings. The zero-order valence-corrected chi connectivity index (χ0v) is 16.5. The van der Waals surface area contributed by atoms with Gasteiger partial charge in [0.25, 0.3) is 5.91 Å². The molecule has 1 aliphatic rings. The van der Waals surface area contributed by atoms with E-state index in [2.05, 4.69) is 10.3 Å². The van der Waals surface area contributed by atoms with Crippen molar-refractivity contribution in [2.24, 2.45) is 7.05 Å². The number of nitrogens with zero attached hydrogens (tertiary/aromatic N) is 3. The zero-order valence-electron chi connectivity index (χ0n) is 15.7. The van der Waals surface area contributed by atoms with Gasteiger partial charge in [-0.25, -0.2) is 4.98 Å². The molecule has 1 amide bonds. The van der Waals surface area contributed by atoms with Crippen LogP contribution >= 0.6 is 11.3 Å². The first kappa shape index (κ1) is 18.2. The van der Waals surface area contributed by atoms with Crippen LogP contribution in [0.5, 0.6) is 0 Å². The van der Waals surface area contributed by atoms with E-state index in [9.17, 15) is 18.0 Å². The van der Waals surface area contributed by atoms with Crippen LogP contribution in [-0.2, 0) is 13.2 Å². The molecular weight excluding hydrogens is 401 g/mol. The number of carbonyl (C=O) groups excluding carboxylic acids is 1. The Morgan fingerprint density at radius 3 is 2.66 bits per heavy atom. The minimum Gasteiger partial charge on any atom is -0.349 e.